The Morgan fingerprint density at radius 1 is 1.33 bits per heavy atom. The highest BCUT2D eigenvalue weighted by atomic mass is 16.5. The van der Waals surface area contributed by atoms with Crippen molar-refractivity contribution in [2.75, 3.05) is 18.2 Å². The Balaban J connectivity index is 1.91. The highest BCUT2D eigenvalue weighted by Gasteiger charge is 2.19. The molecule has 1 aromatic carbocycles. The minimum atomic E-state index is -0.432. The number of amides is 1. The van der Waals surface area contributed by atoms with Crippen LogP contribution in [0.15, 0.2) is 47.0 Å². The van der Waals surface area contributed by atoms with Crippen LogP contribution in [-0.4, -0.2) is 18.0 Å². The van der Waals surface area contributed by atoms with Gasteiger partial charge in [0.1, 0.15) is 17.0 Å². The van der Waals surface area contributed by atoms with Gasteiger partial charge in [-0.3, -0.25) is 9.78 Å². The monoisotopic (exact) mass is 283 g/mol. The number of aromatic nitrogens is 1. The normalized spacial score (nSPS) is 10.5. The number of benzene rings is 1. The van der Waals surface area contributed by atoms with E-state index in [0.717, 1.165) is 0 Å². The summed E-state index contributed by atoms with van der Waals surface area (Å²) in [5.41, 5.74) is 7.68. The molecule has 6 heteroatoms. The molecule has 0 spiro atoms. The van der Waals surface area contributed by atoms with Crippen LogP contribution in [0.5, 0.6) is 5.75 Å². The average molecular weight is 283 g/mol. The van der Waals surface area contributed by atoms with Crippen molar-refractivity contribution >= 4 is 28.4 Å². The van der Waals surface area contributed by atoms with Crippen molar-refractivity contribution in [3.05, 3.63) is 48.4 Å². The van der Waals surface area contributed by atoms with Crippen molar-refractivity contribution in [3.63, 3.8) is 0 Å². The number of anilines is 2. The molecule has 2 aromatic heterocycles. The summed E-state index contributed by atoms with van der Waals surface area (Å²) in [7, 11) is 1.56. The van der Waals surface area contributed by atoms with E-state index in [-0.39, 0.29) is 11.4 Å². The van der Waals surface area contributed by atoms with Gasteiger partial charge in [-0.2, -0.15) is 0 Å². The van der Waals surface area contributed by atoms with E-state index in [0.29, 0.717) is 22.5 Å². The van der Waals surface area contributed by atoms with E-state index in [9.17, 15) is 4.79 Å². The number of nitrogens with one attached hydrogen (secondary N) is 1. The largest absolute Gasteiger partial charge is 0.497 e. The summed E-state index contributed by atoms with van der Waals surface area (Å²) in [4.78, 5) is 16.4. The minimum Gasteiger partial charge on any atom is -0.497 e. The van der Waals surface area contributed by atoms with E-state index >= 15 is 0 Å². The van der Waals surface area contributed by atoms with Gasteiger partial charge in [-0.25, -0.2) is 0 Å². The molecule has 0 aliphatic heterocycles. The quantitative estimate of drug-likeness (QED) is 0.771. The predicted octanol–water partition coefficient (Wildman–Crippen LogP) is 2.67. The molecule has 0 unspecified atom stereocenters. The lowest BCUT2D eigenvalue weighted by molar-refractivity contribution is 0.1000. The first-order valence-corrected chi connectivity index (χ1v) is 6.27. The fourth-order valence-electron chi connectivity index (χ4n) is 2.01. The maximum absolute atomic E-state index is 12.3. The van der Waals surface area contributed by atoms with E-state index in [2.05, 4.69) is 10.3 Å². The van der Waals surface area contributed by atoms with Crippen LogP contribution in [0.4, 0.5) is 11.4 Å². The first-order valence-electron chi connectivity index (χ1n) is 6.27. The number of nitrogens with zero attached hydrogens (tertiary/aromatic N) is 1. The van der Waals surface area contributed by atoms with Crippen molar-refractivity contribution in [1.82, 2.24) is 4.98 Å². The molecule has 0 aliphatic carbocycles. The number of hydrogen-bond donors (Lipinski definition) is 2. The fourth-order valence-corrected chi connectivity index (χ4v) is 2.01. The first kappa shape index (κ1) is 13.0. The van der Waals surface area contributed by atoms with Gasteiger partial charge in [0.05, 0.1) is 7.11 Å². The topological polar surface area (TPSA) is 90.4 Å². The molecular weight excluding hydrogens is 270 g/mol. The highest BCUT2D eigenvalue weighted by molar-refractivity contribution is 6.10. The number of methoxy groups -OCH3 is 1. The molecule has 3 aromatic rings. The number of hydrogen-bond acceptors (Lipinski definition) is 5. The smallest absolute Gasteiger partial charge is 0.293 e. The minimum absolute atomic E-state index is 0.0477. The molecule has 3 N–H and O–H groups in total. The Morgan fingerprint density at radius 2 is 2.19 bits per heavy atom. The van der Waals surface area contributed by atoms with E-state index in [1.807, 2.05) is 0 Å². The third-order valence-corrected chi connectivity index (χ3v) is 3.02. The molecule has 1 amide bonds. The summed E-state index contributed by atoms with van der Waals surface area (Å²) in [6.07, 6.45) is 1.60. The van der Waals surface area contributed by atoms with Crippen molar-refractivity contribution in [2.45, 2.75) is 0 Å². The summed E-state index contributed by atoms with van der Waals surface area (Å²) in [6.45, 7) is 0. The summed E-state index contributed by atoms with van der Waals surface area (Å²) in [5, 5.41) is 2.71. The molecule has 0 saturated carbocycles. The van der Waals surface area contributed by atoms with Crippen molar-refractivity contribution in [2.24, 2.45) is 0 Å². The molecule has 3 rings (SSSR count). The zero-order chi connectivity index (χ0) is 14.8. The summed E-state index contributed by atoms with van der Waals surface area (Å²) < 4.78 is 10.6. The van der Waals surface area contributed by atoms with Gasteiger partial charge in [-0.15, -0.1) is 0 Å². The standard InChI is InChI=1S/C15H13N3O3/c1-20-10-5-2-4-9(8-10)18-15(19)14-12(16)13-11(21-14)6-3-7-17-13/h2-8H,16H2,1H3,(H,18,19). The third kappa shape index (κ3) is 2.38. The Kier molecular flexibility index (Phi) is 3.19. The molecule has 0 radical (unpaired) electrons. The van der Waals surface area contributed by atoms with Crippen LogP contribution in [0.1, 0.15) is 10.6 Å². The van der Waals surface area contributed by atoms with Crippen LogP contribution in [0.25, 0.3) is 11.1 Å². The number of nitrogen functional groups attached to an aromatic ring is 1. The molecule has 6 nitrogen and oxygen atoms in total. The van der Waals surface area contributed by atoms with Gasteiger partial charge in [0, 0.05) is 18.0 Å². The van der Waals surface area contributed by atoms with Gasteiger partial charge in [0.15, 0.2) is 5.58 Å². The maximum atomic E-state index is 12.3. The van der Waals surface area contributed by atoms with Crippen molar-refractivity contribution < 1.29 is 13.9 Å². The Labute approximate surface area is 120 Å². The molecule has 106 valence electrons. The number of carbonyl (C=O) groups is 1. The van der Waals surface area contributed by atoms with Gasteiger partial charge >= 0.3 is 0 Å². The van der Waals surface area contributed by atoms with Crippen LogP contribution >= 0.6 is 0 Å². The fraction of sp³-hybridized carbons (Fsp3) is 0.0667. The number of carbonyl (C=O) groups excluding carboxylic acids is 1. The number of pyridine rings is 1. The lowest BCUT2D eigenvalue weighted by atomic mass is 10.2. The van der Waals surface area contributed by atoms with Crippen LogP contribution in [0.3, 0.4) is 0 Å². The number of nitrogens with two attached hydrogens (primary N) is 1. The molecule has 0 atom stereocenters. The van der Waals surface area contributed by atoms with Crippen LogP contribution in [0, 0.1) is 0 Å². The summed E-state index contributed by atoms with van der Waals surface area (Å²) >= 11 is 0. The lowest BCUT2D eigenvalue weighted by Gasteiger charge is -2.05. The zero-order valence-electron chi connectivity index (χ0n) is 11.3. The van der Waals surface area contributed by atoms with E-state index in [1.165, 1.54) is 0 Å². The molecule has 21 heavy (non-hydrogen) atoms. The molecular formula is C15H13N3O3. The van der Waals surface area contributed by atoms with Crippen molar-refractivity contribution in [3.8, 4) is 5.75 Å². The van der Waals surface area contributed by atoms with Gasteiger partial charge in [0.25, 0.3) is 5.91 Å². The summed E-state index contributed by atoms with van der Waals surface area (Å²) in [6, 6.07) is 10.4. The van der Waals surface area contributed by atoms with E-state index in [1.54, 1.807) is 49.7 Å². The van der Waals surface area contributed by atoms with Crippen LogP contribution in [0.2, 0.25) is 0 Å². The van der Waals surface area contributed by atoms with Gasteiger partial charge in [-0.1, -0.05) is 6.07 Å². The van der Waals surface area contributed by atoms with Gasteiger partial charge in [0.2, 0.25) is 5.76 Å². The number of furan rings is 1. The predicted molar refractivity (Wildman–Crippen MR) is 79.4 cm³/mol. The first-order chi connectivity index (χ1) is 10.2. The second kappa shape index (κ2) is 5.16. The van der Waals surface area contributed by atoms with E-state index in [4.69, 9.17) is 14.9 Å². The lowest BCUT2D eigenvalue weighted by Crippen LogP contribution is -2.12. The van der Waals surface area contributed by atoms with Crippen molar-refractivity contribution in [1.29, 1.82) is 0 Å². The van der Waals surface area contributed by atoms with Gasteiger partial charge in [-0.05, 0) is 24.3 Å². The molecule has 0 aliphatic rings. The molecule has 0 fully saturated rings. The highest BCUT2D eigenvalue weighted by Crippen LogP contribution is 2.27. The molecule has 2 heterocycles. The Hall–Kier alpha value is -3.02. The van der Waals surface area contributed by atoms with E-state index < -0.39 is 5.91 Å². The number of fused-ring (bicyclic) bond motifs is 1. The van der Waals surface area contributed by atoms with Crippen LogP contribution in [-0.2, 0) is 0 Å². The third-order valence-electron chi connectivity index (χ3n) is 3.02. The zero-order valence-corrected chi connectivity index (χ0v) is 11.3. The maximum Gasteiger partial charge on any atom is 0.293 e. The van der Waals surface area contributed by atoms with Gasteiger partial charge < -0.3 is 20.2 Å². The second-order valence-electron chi connectivity index (χ2n) is 4.38. The average Bonchev–Trinajstić information content (AvgIpc) is 2.85. The number of ether oxygens (including phenoxy) is 1. The number of rotatable bonds is 3. The second-order valence-corrected chi connectivity index (χ2v) is 4.38. The van der Waals surface area contributed by atoms with Crippen LogP contribution < -0.4 is 15.8 Å². The Morgan fingerprint density at radius 3 is 2.95 bits per heavy atom. The molecule has 0 bridgehead atoms. The SMILES string of the molecule is COc1cccc(NC(=O)c2oc3cccnc3c2N)c1. The Bertz CT molecular complexity index is 811. The molecule has 0 saturated heterocycles. The summed E-state index contributed by atoms with van der Waals surface area (Å²) in [5.74, 6) is 0.261.